The van der Waals surface area contributed by atoms with E-state index >= 15 is 0 Å². The summed E-state index contributed by atoms with van der Waals surface area (Å²) < 4.78 is 5.36. The van der Waals surface area contributed by atoms with Gasteiger partial charge in [0.15, 0.2) is 0 Å². The molecule has 0 aliphatic carbocycles. The summed E-state index contributed by atoms with van der Waals surface area (Å²) in [4.78, 5) is 0. The van der Waals surface area contributed by atoms with E-state index in [9.17, 15) is 0 Å². The quantitative estimate of drug-likeness (QED) is 0.639. The van der Waals surface area contributed by atoms with Gasteiger partial charge in [0.25, 0.3) is 0 Å². The molecule has 3 N–H and O–H groups in total. The molecule has 1 rings (SSSR count). The molecule has 110 valence electrons. The fourth-order valence-electron chi connectivity index (χ4n) is 2.54. The van der Waals surface area contributed by atoms with E-state index in [1.54, 1.807) is 6.26 Å². The molecule has 2 unspecified atom stereocenters. The molecule has 0 fully saturated rings. The number of hydrogen-bond donors (Lipinski definition) is 2. The molecule has 19 heavy (non-hydrogen) atoms. The maximum absolute atomic E-state index is 5.67. The van der Waals surface area contributed by atoms with Crippen molar-refractivity contribution >= 4 is 0 Å². The average molecular weight is 266 g/mol. The maximum Gasteiger partial charge on any atom is 0.105 e. The predicted molar refractivity (Wildman–Crippen MR) is 81.1 cm³/mol. The lowest BCUT2D eigenvalue weighted by Crippen LogP contribution is -2.29. The third-order valence-corrected chi connectivity index (χ3v) is 3.81. The maximum atomic E-state index is 5.67. The van der Waals surface area contributed by atoms with Crippen LogP contribution in [0.5, 0.6) is 0 Å². The van der Waals surface area contributed by atoms with Gasteiger partial charge in [0, 0.05) is 12.5 Å². The molecule has 1 heterocycles. The molecule has 3 nitrogen and oxygen atoms in total. The Morgan fingerprint density at radius 1 is 1.26 bits per heavy atom. The van der Waals surface area contributed by atoms with E-state index in [2.05, 4.69) is 26.1 Å². The van der Waals surface area contributed by atoms with Crippen molar-refractivity contribution in [1.82, 2.24) is 5.32 Å². The fraction of sp³-hybridized carbons (Fsp3) is 0.750. The molecule has 0 saturated heterocycles. The van der Waals surface area contributed by atoms with Crippen LogP contribution in [0.25, 0.3) is 0 Å². The number of nitrogens with one attached hydrogen (secondary N) is 1. The highest BCUT2D eigenvalue weighted by Gasteiger charge is 2.12. The monoisotopic (exact) mass is 266 g/mol. The van der Waals surface area contributed by atoms with Gasteiger partial charge in [-0.2, -0.15) is 0 Å². The minimum Gasteiger partial charge on any atom is -0.469 e. The van der Waals surface area contributed by atoms with Crippen molar-refractivity contribution < 1.29 is 4.42 Å². The molecule has 0 aromatic carbocycles. The molecule has 0 aliphatic rings. The van der Waals surface area contributed by atoms with Crippen LogP contribution in [-0.4, -0.2) is 19.1 Å². The van der Waals surface area contributed by atoms with Crippen LogP contribution in [0.15, 0.2) is 22.8 Å². The third kappa shape index (κ3) is 6.79. The lowest BCUT2D eigenvalue weighted by Gasteiger charge is -2.20. The van der Waals surface area contributed by atoms with Crippen LogP contribution in [0.3, 0.4) is 0 Å². The van der Waals surface area contributed by atoms with Gasteiger partial charge in [0.2, 0.25) is 0 Å². The molecule has 0 aliphatic heterocycles. The summed E-state index contributed by atoms with van der Waals surface area (Å²) in [5.74, 6) is 2.57. The Balaban J connectivity index is 2.12. The molecular formula is C16H30N2O. The number of hydrogen-bond acceptors (Lipinski definition) is 3. The van der Waals surface area contributed by atoms with Gasteiger partial charge in [-0.3, -0.25) is 0 Å². The van der Waals surface area contributed by atoms with Crippen molar-refractivity contribution in [3.8, 4) is 0 Å². The summed E-state index contributed by atoms with van der Waals surface area (Å²) in [6.07, 6.45) is 6.35. The fourth-order valence-corrected chi connectivity index (χ4v) is 2.54. The lowest BCUT2D eigenvalue weighted by molar-refractivity contribution is 0.327. The van der Waals surface area contributed by atoms with Crippen LogP contribution in [0.2, 0.25) is 0 Å². The van der Waals surface area contributed by atoms with Crippen LogP contribution in [0.4, 0.5) is 0 Å². The minimum absolute atomic E-state index is 0.471. The van der Waals surface area contributed by atoms with Crippen molar-refractivity contribution in [3.05, 3.63) is 24.2 Å². The normalized spacial score (nSPS) is 14.8. The molecule has 0 spiro atoms. The highest BCUT2D eigenvalue weighted by Crippen LogP contribution is 2.19. The summed E-state index contributed by atoms with van der Waals surface area (Å²) in [7, 11) is 0. The van der Waals surface area contributed by atoms with Crippen molar-refractivity contribution in [2.24, 2.45) is 17.6 Å². The van der Waals surface area contributed by atoms with Gasteiger partial charge in [-0.1, -0.05) is 13.8 Å². The first-order chi connectivity index (χ1) is 9.13. The second-order valence-corrected chi connectivity index (χ2v) is 5.86. The van der Waals surface area contributed by atoms with E-state index < -0.39 is 0 Å². The topological polar surface area (TPSA) is 51.2 Å². The Kier molecular flexibility index (Phi) is 7.84. The Morgan fingerprint density at radius 2 is 2.05 bits per heavy atom. The zero-order chi connectivity index (χ0) is 14.1. The van der Waals surface area contributed by atoms with Gasteiger partial charge in [-0.25, -0.2) is 0 Å². The summed E-state index contributed by atoms with van der Waals surface area (Å²) in [5, 5.41) is 3.57. The van der Waals surface area contributed by atoms with Gasteiger partial charge >= 0.3 is 0 Å². The standard InChI is InChI=1S/C16H30N2O/c1-13(2)15(8-9-17)6-4-10-18-14(3)12-16-7-5-11-19-16/h5,7,11,13-15,18H,4,6,8-10,12,17H2,1-3H3. The molecule has 0 amide bonds. The zero-order valence-corrected chi connectivity index (χ0v) is 12.7. The Bertz CT molecular complexity index is 309. The Labute approximate surface area is 117 Å². The second-order valence-electron chi connectivity index (χ2n) is 5.86. The van der Waals surface area contributed by atoms with Crippen LogP contribution < -0.4 is 11.1 Å². The highest BCUT2D eigenvalue weighted by atomic mass is 16.3. The molecule has 1 aromatic heterocycles. The molecule has 1 aromatic rings. The zero-order valence-electron chi connectivity index (χ0n) is 12.7. The summed E-state index contributed by atoms with van der Waals surface area (Å²) in [5.41, 5.74) is 5.67. The van der Waals surface area contributed by atoms with Crippen LogP contribution in [0, 0.1) is 11.8 Å². The van der Waals surface area contributed by atoms with Crippen molar-refractivity contribution in [2.75, 3.05) is 13.1 Å². The number of nitrogens with two attached hydrogens (primary N) is 1. The average Bonchev–Trinajstić information content (AvgIpc) is 2.85. The van der Waals surface area contributed by atoms with E-state index in [4.69, 9.17) is 10.2 Å². The molecule has 2 atom stereocenters. The van der Waals surface area contributed by atoms with Crippen LogP contribution in [-0.2, 0) is 6.42 Å². The van der Waals surface area contributed by atoms with E-state index in [1.165, 1.54) is 12.8 Å². The lowest BCUT2D eigenvalue weighted by atomic mass is 9.88. The third-order valence-electron chi connectivity index (χ3n) is 3.81. The van der Waals surface area contributed by atoms with Gasteiger partial charge in [0.1, 0.15) is 5.76 Å². The van der Waals surface area contributed by atoms with Gasteiger partial charge in [-0.05, 0) is 63.2 Å². The largest absolute Gasteiger partial charge is 0.469 e. The number of rotatable bonds is 10. The smallest absolute Gasteiger partial charge is 0.105 e. The molecule has 0 radical (unpaired) electrons. The van der Waals surface area contributed by atoms with Crippen molar-refractivity contribution in [2.45, 2.75) is 52.5 Å². The first-order valence-electron chi connectivity index (χ1n) is 7.59. The second kappa shape index (κ2) is 9.16. The van der Waals surface area contributed by atoms with Crippen LogP contribution in [0.1, 0.15) is 45.8 Å². The highest BCUT2D eigenvalue weighted by molar-refractivity contribution is 4.99. The predicted octanol–water partition coefficient (Wildman–Crippen LogP) is 3.20. The molecule has 0 saturated carbocycles. The van der Waals surface area contributed by atoms with E-state index in [0.29, 0.717) is 6.04 Å². The summed E-state index contributed by atoms with van der Waals surface area (Å²) in [6.45, 7) is 8.70. The summed E-state index contributed by atoms with van der Waals surface area (Å²) in [6, 6.07) is 4.45. The Hall–Kier alpha value is -0.800. The molecule has 3 heteroatoms. The molecular weight excluding hydrogens is 236 g/mol. The van der Waals surface area contributed by atoms with Gasteiger partial charge < -0.3 is 15.5 Å². The van der Waals surface area contributed by atoms with E-state index in [0.717, 1.165) is 43.5 Å². The molecule has 0 bridgehead atoms. The first-order valence-corrected chi connectivity index (χ1v) is 7.59. The van der Waals surface area contributed by atoms with Crippen molar-refractivity contribution in [1.29, 1.82) is 0 Å². The Morgan fingerprint density at radius 3 is 2.63 bits per heavy atom. The van der Waals surface area contributed by atoms with Crippen molar-refractivity contribution in [3.63, 3.8) is 0 Å². The van der Waals surface area contributed by atoms with Gasteiger partial charge in [-0.15, -0.1) is 0 Å². The summed E-state index contributed by atoms with van der Waals surface area (Å²) >= 11 is 0. The minimum atomic E-state index is 0.471. The first kappa shape index (κ1) is 16.3. The van der Waals surface area contributed by atoms with Gasteiger partial charge in [0.05, 0.1) is 6.26 Å². The van der Waals surface area contributed by atoms with E-state index in [1.807, 2.05) is 12.1 Å². The SMILES string of the molecule is CC(Cc1ccco1)NCCCC(CCN)C(C)C. The van der Waals surface area contributed by atoms with Crippen LogP contribution >= 0.6 is 0 Å². The number of furan rings is 1. The van der Waals surface area contributed by atoms with E-state index in [-0.39, 0.29) is 0 Å².